The minimum Gasteiger partial charge on any atom is -0.497 e. The largest absolute Gasteiger partial charge is 0.497 e. The minimum absolute atomic E-state index is 0.262. The Kier molecular flexibility index (Phi) is 4.13. The highest BCUT2D eigenvalue weighted by atomic mass is 32.2. The topological polar surface area (TPSA) is 46.6 Å². The van der Waals surface area contributed by atoms with E-state index in [-0.39, 0.29) is 5.69 Å². The summed E-state index contributed by atoms with van der Waals surface area (Å²) in [7, 11) is -1.63. The molecule has 4 nitrogen and oxygen atoms in total. The van der Waals surface area contributed by atoms with Crippen LogP contribution < -0.4 is 9.04 Å². The summed E-state index contributed by atoms with van der Waals surface area (Å²) in [6.45, 7) is 0. The molecule has 2 aromatic carbocycles. The first kappa shape index (κ1) is 15.2. The Morgan fingerprint density at radius 1 is 1.00 bits per heavy atom. The number of hydrogen-bond acceptors (Lipinski definition) is 3. The Labute approximate surface area is 121 Å². The molecule has 112 valence electrons. The lowest BCUT2D eigenvalue weighted by molar-refractivity contribution is 0.415. The number of nitrogens with zero attached hydrogens (tertiary/aromatic N) is 1. The Morgan fingerprint density at radius 2 is 1.52 bits per heavy atom. The molecule has 21 heavy (non-hydrogen) atoms. The van der Waals surface area contributed by atoms with Crippen molar-refractivity contribution in [3.63, 3.8) is 0 Å². The molecule has 0 spiro atoms. The summed E-state index contributed by atoms with van der Waals surface area (Å²) in [6.07, 6.45) is 0. The summed E-state index contributed by atoms with van der Waals surface area (Å²) in [6, 6.07) is 8.98. The second-order valence-electron chi connectivity index (χ2n) is 4.22. The van der Waals surface area contributed by atoms with Gasteiger partial charge < -0.3 is 4.74 Å². The second-order valence-corrected chi connectivity index (χ2v) is 6.13. The van der Waals surface area contributed by atoms with Crippen molar-refractivity contribution in [2.24, 2.45) is 0 Å². The van der Waals surface area contributed by atoms with E-state index in [0.717, 1.165) is 22.5 Å². The lowest BCUT2D eigenvalue weighted by atomic mass is 10.3. The van der Waals surface area contributed by atoms with Crippen molar-refractivity contribution < 1.29 is 21.9 Å². The summed E-state index contributed by atoms with van der Waals surface area (Å²) < 4.78 is 57.8. The smallest absolute Gasteiger partial charge is 0.269 e. The highest BCUT2D eigenvalue weighted by molar-refractivity contribution is 7.92. The van der Waals surface area contributed by atoms with Crippen LogP contribution in [-0.2, 0) is 10.0 Å². The highest BCUT2D eigenvalue weighted by Gasteiger charge is 2.28. The van der Waals surface area contributed by atoms with Crippen molar-refractivity contribution in [2.75, 3.05) is 18.5 Å². The van der Waals surface area contributed by atoms with Gasteiger partial charge in [0.15, 0.2) is 4.90 Å². The predicted molar refractivity (Wildman–Crippen MR) is 74.9 cm³/mol. The predicted octanol–water partition coefficient (Wildman–Crippen LogP) is 2.80. The number of anilines is 1. The Hall–Kier alpha value is -2.15. The monoisotopic (exact) mass is 313 g/mol. The molecular weight excluding hydrogens is 300 g/mol. The van der Waals surface area contributed by atoms with E-state index < -0.39 is 26.6 Å². The average molecular weight is 313 g/mol. The van der Waals surface area contributed by atoms with Crippen LogP contribution in [0.25, 0.3) is 0 Å². The molecule has 0 aliphatic carbocycles. The molecule has 0 amide bonds. The van der Waals surface area contributed by atoms with Gasteiger partial charge in [-0.2, -0.15) is 0 Å². The molecule has 0 aromatic heterocycles. The van der Waals surface area contributed by atoms with Gasteiger partial charge in [-0.1, -0.05) is 6.07 Å². The van der Waals surface area contributed by atoms with E-state index in [4.69, 9.17) is 4.74 Å². The molecular formula is C14H13F2NO3S. The third-order valence-corrected chi connectivity index (χ3v) is 4.81. The van der Waals surface area contributed by atoms with E-state index in [9.17, 15) is 17.2 Å². The molecule has 7 heteroatoms. The van der Waals surface area contributed by atoms with Gasteiger partial charge in [0.05, 0.1) is 12.8 Å². The lowest BCUT2D eigenvalue weighted by Gasteiger charge is -2.20. The standard InChI is InChI=1S/C14H13F2NO3S/c1-17(10-6-8-11(20-2)9-7-10)21(18,19)14-12(15)4-3-5-13(14)16/h3-9H,1-2H3. The summed E-state index contributed by atoms with van der Waals surface area (Å²) >= 11 is 0. The first-order valence-corrected chi connectivity index (χ1v) is 7.39. The zero-order valence-corrected chi connectivity index (χ0v) is 12.2. The fourth-order valence-electron chi connectivity index (χ4n) is 1.80. The van der Waals surface area contributed by atoms with Gasteiger partial charge in [-0.15, -0.1) is 0 Å². The molecule has 2 aromatic rings. The number of benzene rings is 2. The Balaban J connectivity index is 2.47. The Bertz CT molecular complexity index is 725. The van der Waals surface area contributed by atoms with Crippen LogP contribution in [0.1, 0.15) is 0 Å². The fraction of sp³-hybridized carbons (Fsp3) is 0.143. The first-order valence-electron chi connectivity index (χ1n) is 5.95. The summed E-state index contributed by atoms with van der Waals surface area (Å²) in [5.74, 6) is -1.72. The zero-order chi connectivity index (χ0) is 15.6. The van der Waals surface area contributed by atoms with E-state index in [1.54, 1.807) is 12.1 Å². The van der Waals surface area contributed by atoms with Gasteiger partial charge in [-0.05, 0) is 36.4 Å². The van der Waals surface area contributed by atoms with Gasteiger partial charge in [0.2, 0.25) is 0 Å². The van der Waals surface area contributed by atoms with Gasteiger partial charge in [0.1, 0.15) is 17.4 Å². The van der Waals surface area contributed by atoms with Crippen LogP contribution in [0.2, 0.25) is 0 Å². The minimum atomic E-state index is -4.33. The quantitative estimate of drug-likeness (QED) is 0.872. The average Bonchev–Trinajstić information content (AvgIpc) is 2.46. The fourth-order valence-corrected chi connectivity index (χ4v) is 3.10. The van der Waals surface area contributed by atoms with Crippen molar-refractivity contribution >= 4 is 15.7 Å². The molecule has 0 unspecified atom stereocenters. The van der Waals surface area contributed by atoms with E-state index >= 15 is 0 Å². The maximum absolute atomic E-state index is 13.7. The first-order chi connectivity index (χ1) is 9.87. The Morgan fingerprint density at radius 3 is 2.00 bits per heavy atom. The van der Waals surface area contributed by atoms with Crippen molar-refractivity contribution in [2.45, 2.75) is 4.90 Å². The van der Waals surface area contributed by atoms with Gasteiger partial charge in [-0.3, -0.25) is 4.31 Å². The van der Waals surface area contributed by atoms with E-state index in [2.05, 4.69) is 0 Å². The van der Waals surface area contributed by atoms with E-state index in [0.29, 0.717) is 5.75 Å². The molecule has 0 heterocycles. The molecule has 0 fully saturated rings. The molecule has 2 rings (SSSR count). The van der Waals surface area contributed by atoms with Gasteiger partial charge >= 0.3 is 0 Å². The zero-order valence-electron chi connectivity index (χ0n) is 11.4. The third-order valence-electron chi connectivity index (χ3n) is 2.97. The molecule has 0 saturated heterocycles. The summed E-state index contributed by atoms with van der Waals surface area (Å²) in [5.41, 5.74) is 0.262. The maximum atomic E-state index is 13.7. The van der Waals surface area contributed by atoms with Crippen LogP contribution in [-0.4, -0.2) is 22.6 Å². The van der Waals surface area contributed by atoms with Crippen LogP contribution in [0.3, 0.4) is 0 Å². The normalized spacial score (nSPS) is 11.2. The highest BCUT2D eigenvalue weighted by Crippen LogP contribution is 2.27. The number of rotatable bonds is 4. The van der Waals surface area contributed by atoms with Crippen molar-refractivity contribution in [3.05, 3.63) is 54.1 Å². The molecule has 0 aliphatic heterocycles. The summed E-state index contributed by atoms with van der Waals surface area (Å²) in [4.78, 5) is -0.969. The number of sulfonamides is 1. The van der Waals surface area contributed by atoms with Crippen LogP contribution in [0.4, 0.5) is 14.5 Å². The van der Waals surface area contributed by atoms with Crippen molar-refractivity contribution in [3.8, 4) is 5.75 Å². The second kappa shape index (κ2) is 5.69. The SMILES string of the molecule is COc1ccc(N(C)S(=O)(=O)c2c(F)cccc2F)cc1. The maximum Gasteiger partial charge on any atom is 0.269 e. The van der Waals surface area contributed by atoms with Gasteiger partial charge in [-0.25, -0.2) is 17.2 Å². The van der Waals surface area contributed by atoms with Crippen LogP contribution in [0.5, 0.6) is 5.75 Å². The molecule has 0 aliphatic rings. The molecule has 0 atom stereocenters. The van der Waals surface area contributed by atoms with Gasteiger partial charge in [0.25, 0.3) is 10.0 Å². The number of ether oxygens (including phenoxy) is 1. The molecule has 0 saturated carbocycles. The van der Waals surface area contributed by atoms with Gasteiger partial charge in [0, 0.05) is 7.05 Å². The molecule has 0 N–H and O–H groups in total. The molecule has 0 bridgehead atoms. The van der Waals surface area contributed by atoms with Crippen molar-refractivity contribution in [1.29, 1.82) is 0 Å². The van der Waals surface area contributed by atoms with E-state index in [1.165, 1.54) is 26.3 Å². The number of hydrogen-bond donors (Lipinski definition) is 0. The van der Waals surface area contributed by atoms with Crippen LogP contribution >= 0.6 is 0 Å². The van der Waals surface area contributed by atoms with E-state index in [1.807, 2.05) is 0 Å². The third kappa shape index (κ3) is 2.82. The van der Waals surface area contributed by atoms with Crippen LogP contribution in [0.15, 0.2) is 47.4 Å². The number of halogens is 2. The van der Waals surface area contributed by atoms with Crippen molar-refractivity contribution in [1.82, 2.24) is 0 Å². The van der Waals surface area contributed by atoms with Crippen LogP contribution in [0, 0.1) is 11.6 Å². The lowest BCUT2D eigenvalue weighted by Crippen LogP contribution is -2.28. The number of methoxy groups -OCH3 is 1. The summed E-state index contributed by atoms with van der Waals surface area (Å²) in [5, 5.41) is 0. The molecule has 0 radical (unpaired) electrons.